The number of hydrogen-bond donors (Lipinski definition) is 2. The molecular weight excluding hydrogens is 264 g/mol. The second kappa shape index (κ2) is 5.88. The van der Waals surface area contributed by atoms with Crippen molar-refractivity contribution in [1.82, 2.24) is 9.71 Å². The molecule has 1 aromatic rings. The molecule has 0 aromatic carbocycles. The molecule has 0 amide bonds. The monoisotopic (exact) mass is 284 g/mol. The smallest absolute Gasteiger partial charge is 0.247 e. The van der Waals surface area contributed by atoms with Crippen molar-refractivity contribution in [2.24, 2.45) is 5.92 Å². The largest absolute Gasteiger partial charge is 0.328 e. The van der Waals surface area contributed by atoms with E-state index in [1.807, 2.05) is 0 Å². The molecule has 2 rings (SSSR count). The highest BCUT2D eigenvalue weighted by Gasteiger charge is 2.28. The van der Waals surface area contributed by atoms with Crippen LogP contribution in [0, 0.1) is 5.92 Å². The topological polar surface area (TPSA) is 79.0 Å². The van der Waals surface area contributed by atoms with Gasteiger partial charge in [-0.2, -0.15) is 0 Å². The molecule has 1 aliphatic rings. The second-order valence-electron chi connectivity index (χ2n) is 5.07. The van der Waals surface area contributed by atoms with Crippen LogP contribution in [0.15, 0.2) is 28.0 Å². The zero-order valence-electron chi connectivity index (χ0n) is 11.1. The van der Waals surface area contributed by atoms with Gasteiger partial charge in [-0.25, -0.2) is 13.1 Å². The molecule has 0 saturated heterocycles. The quantitative estimate of drug-likeness (QED) is 0.882. The molecule has 0 radical (unpaired) electrons. The summed E-state index contributed by atoms with van der Waals surface area (Å²) in [6.07, 6.45) is 6.44. The third-order valence-corrected chi connectivity index (χ3v) is 5.29. The van der Waals surface area contributed by atoms with Crippen LogP contribution >= 0.6 is 0 Å². The fraction of sp³-hybridized carbons (Fsp3) is 0.615. The molecule has 0 bridgehead atoms. The number of aromatic amines is 1. The maximum Gasteiger partial charge on any atom is 0.247 e. The SMILES string of the molecule is CCC1CCCCC1NS(=O)(=O)c1ccc(=O)[nH]c1. The van der Waals surface area contributed by atoms with Gasteiger partial charge in [-0.3, -0.25) is 4.79 Å². The predicted octanol–water partition coefficient (Wildman–Crippen LogP) is 1.62. The predicted molar refractivity (Wildman–Crippen MR) is 73.4 cm³/mol. The first-order valence-corrected chi connectivity index (χ1v) is 8.22. The van der Waals surface area contributed by atoms with Crippen LogP contribution in [0.25, 0.3) is 0 Å². The molecule has 19 heavy (non-hydrogen) atoms. The molecule has 2 unspecified atom stereocenters. The van der Waals surface area contributed by atoms with E-state index in [0.29, 0.717) is 5.92 Å². The van der Waals surface area contributed by atoms with E-state index in [-0.39, 0.29) is 16.5 Å². The van der Waals surface area contributed by atoms with Gasteiger partial charge in [-0.15, -0.1) is 0 Å². The molecule has 2 N–H and O–H groups in total. The Morgan fingerprint density at radius 1 is 1.32 bits per heavy atom. The summed E-state index contributed by atoms with van der Waals surface area (Å²) in [7, 11) is -3.54. The minimum absolute atomic E-state index is 0.00989. The summed E-state index contributed by atoms with van der Waals surface area (Å²) in [6, 6.07) is 2.58. The second-order valence-corrected chi connectivity index (χ2v) is 6.78. The van der Waals surface area contributed by atoms with Crippen molar-refractivity contribution in [1.29, 1.82) is 0 Å². The normalized spacial score (nSPS) is 24.3. The van der Waals surface area contributed by atoms with Crippen molar-refractivity contribution in [2.45, 2.75) is 50.0 Å². The number of H-pyrrole nitrogens is 1. The fourth-order valence-corrected chi connectivity index (χ4v) is 3.99. The van der Waals surface area contributed by atoms with Gasteiger partial charge in [-0.1, -0.05) is 26.2 Å². The molecule has 106 valence electrons. The highest BCUT2D eigenvalue weighted by Crippen LogP contribution is 2.27. The van der Waals surface area contributed by atoms with Crippen molar-refractivity contribution >= 4 is 10.0 Å². The molecule has 1 fully saturated rings. The number of nitrogens with one attached hydrogen (secondary N) is 2. The molecule has 0 aliphatic heterocycles. The lowest BCUT2D eigenvalue weighted by Gasteiger charge is -2.31. The van der Waals surface area contributed by atoms with E-state index in [9.17, 15) is 13.2 Å². The van der Waals surface area contributed by atoms with Crippen LogP contribution in [-0.4, -0.2) is 19.4 Å². The maximum absolute atomic E-state index is 12.2. The van der Waals surface area contributed by atoms with Gasteiger partial charge in [0.05, 0.1) is 4.90 Å². The Morgan fingerprint density at radius 3 is 2.68 bits per heavy atom. The average molecular weight is 284 g/mol. The van der Waals surface area contributed by atoms with Gasteiger partial charge in [0.15, 0.2) is 0 Å². The van der Waals surface area contributed by atoms with E-state index < -0.39 is 10.0 Å². The highest BCUT2D eigenvalue weighted by molar-refractivity contribution is 7.89. The van der Waals surface area contributed by atoms with Crippen molar-refractivity contribution in [3.8, 4) is 0 Å². The Labute approximate surface area is 113 Å². The summed E-state index contributed by atoms with van der Waals surface area (Å²) >= 11 is 0. The van der Waals surface area contributed by atoms with Crippen LogP contribution in [0.4, 0.5) is 0 Å². The number of rotatable bonds is 4. The lowest BCUT2D eigenvalue weighted by Crippen LogP contribution is -2.41. The molecule has 1 saturated carbocycles. The lowest BCUT2D eigenvalue weighted by atomic mass is 9.83. The molecular formula is C13H20N2O3S. The summed E-state index contributed by atoms with van der Waals surface area (Å²) in [6.45, 7) is 2.09. The highest BCUT2D eigenvalue weighted by atomic mass is 32.2. The van der Waals surface area contributed by atoms with Crippen molar-refractivity contribution in [3.63, 3.8) is 0 Å². The summed E-state index contributed by atoms with van der Waals surface area (Å²) < 4.78 is 27.3. The van der Waals surface area contributed by atoms with Crippen molar-refractivity contribution in [3.05, 3.63) is 28.7 Å². The van der Waals surface area contributed by atoms with Gasteiger partial charge in [0.2, 0.25) is 15.6 Å². The van der Waals surface area contributed by atoms with Crippen molar-refractivity contribution in [2.75, 3.05) is 0 Å². The van der Waals surface area contributed by atoms with Gasteiger partial charge < -0.3 is 4.98 Å². The zero-order chi connectivity index (χ0) is 13.9. The maximum atomic E-state index is 12.2. The van der Waals surface area contributed by atoms with Crippen LogP contribution in [0.1, 0.15) is 39.0 Å². The molecule has 1 heterocycles. The molecule has 5 nitrogen and oxygen atoms in total. The molecule has 1 aliphatic carbocycles. The van der Waals surface area contributed by atoms with E-state index in [0.717, 1.165) is 25.7 Å². The summed E-state index contributed by atoms with van der Waals surface area (Å²) in [5.74, 6) is 0.409. The molecule has 1 aromatic heterocycles. The van der Waals surface area contributed by atoms with E-state index in [4.69, 9.17) is 0 Å². The number of sulfonamides is 1. The van der Waals surface area contributed by atoms with Crippen LogP contribution in [-0.2, 0) is 10.0 Å². The van der Waals surface area contributed by atoms with Crippen LogP contribution in [0.5, 0.6) is 0 Å². The van der Waals surface area contributed by atoms with Gasteiger partial charge in [-0.05, 0) is 24.8 Å². The van der Waals surface area contributed by atoms with E-state index in [1.165, 1.54) is 24.8 Å². The van der Waals surface area contributed by atoms with E-state index >= 15 is 0 Å². The summed E-state index contributed by atoms with van der Waals surface area (Å²) in [4.78, 5) is 13.5. The molecule has 6 heteroatoms. The Kier molecular flexibility index (Phi) is 4.42. The third kappa shape index (κ3) is 3.45. The third-order valence-electron chi connectivity index (χ3n) is 3.81. The Balaban J connectivity index is 2.16. The van der Waals surface area contributed by atoms with Gasteiger partial charge in [0.1, 0.15) is 0 Å². The fourth-order valence-electron chi connectivity index (χ4n) is 2.68. The minimum Gasteiger partial charge on any atom is -0.328 e. The van der Waals surface area contributed by atoms with Gasteiger partial charge in [0, 0.05) is 18.3 Å². The zero-order valence-corrected chi connectivity index (χ0v) is 11.9. The Bertz CT molecular complexity index is 559. The van der Waals surface area contributed by atoms with Crippen LogP contribution < -0.4 is 10.3 Å². The first kappa shape index (κ1) is 14.3. The van der Waals surface area contributed by atoms with E-state index in [2.05, 4.69) is 16.6 Å². The standard InChI is InChI=1S/C13H20N2O3S/c1-2-10-5-3-4-6-12(10)15-19(17,18)11-7-8-13(16)14-9-11/h7-10,12,15H,2-6H2,1H3,(H,14,16). The van der Waals surface area contributed by atoms with Crippen LogP contribution in [0.2, 0.25) is 0 Å². The van der Waals surface area contributed by atoms with Gasteiger partial charge >= 0.3 is 0 Å². The Morgan fingerprint density at radius 2 is 2.05 bits per heavy atom. The number of pyridine rings is 1. The first-order chi connectivity index (χ1) is 9.03. The minimum atomic E-state index is -3.54. The van der Waals surface area contributed by atoms with Crippen molar-refractivity contribution < 1.29 is 8.42 Å². The number of hydrogen-bond acceptors (Lipinski definition) is 3. The number of aromatic nitrogens is 1. The Hall–Kier alpha value is -1.14. The first-order valence-electron chi connectivity index (χ1n) is 6.74. The van der Waals surface area contributed by atoms with Crippen LogP contribution in [0.3, 0.4) is 0 Å². The lowest BCUT2D eigenvalue weighted by molar-refractivity contribution is 0.282. The summed E-state index contributed by atoms with van der Waals surface area (Å²) in [5.41, 5.74) is -0.303. The average Bonchev–Trinajstić information content (AvgIpc) is 2.39. The molecule has 0 spiro atoms. The van der Waals surface area contributed by atoms with E-state index in [1.54, 1.807) is 0 Å². The molecule has 2 atom stereocenters. The van der Waals surface area contributed by atoms with Gasteiger partial charge in [0.25, 0.3) is 0 Å². The summed E-state index contributed by atoms with van der Waals surface area (Å²) in [5, 5.41) is 0.